The summed E-state index contributed by atoms with van der Waals surface area (Å²) in [6.07, 6.45) is 7.78. The molecule has 0 fully saturated rings. The number of nitrogens with one attached hydrogen (secondary N) is 9. The van der Waals surface area contributed by atoms with Crippen molar-refractivity contribution in [1.29, 1.82) is 0 Å². The molecule has 0 radical (unpaired) electrons. The average Bonchev–Trinajstić information content (AvgIpc) is 1.49. The molecule has 4 amide bonds. The van der Waals surface area contributed by atoms with Crippen molar-refractivity contribution in [3.63, 3.8) is 0 Å². The Morgan fingerprint density at radius 1 is 0.532 bits per heavy atom. The molecule has 2 aliphatic rings. The minimum Gasteiger partial charge on any atom is -0.487 e. The number of unbranched alkanes of at least 4 members (excludes halogenated alkanes) is 1. The molecule has 0 unspecified atom stereocenters. The lowest BCUT2D eigenvalue weighted by Gasteiger charge is -2.21. The van der Waals surface area contributed by atoms with Crippen molar-refractivity contribution in [1.82, 2.24) is 46.0 Å². The monoisotopic (exact) mass is 1330 g/mol. The fourth-order valence-corrected chi connectivity index (χ4v) is 15.5. The van der Waals surface area contributed by atoms with Gasteiger partial charge in [-0.25, -0.2) is 26.3 Å². The maximum absolute atomic E-state index is 13.8. The maximum atomic E-state index is 13.8. The lowest BCUT2D eigenvalue weighted by atomic mass is 9.94. The summed E-state index contributed by atoms with van der Waals surface area (Å²) in [5.74, 6) is -1.11. The summed E-state index contributed by atoms with van der Waals surface area (Å²) < 4.78 is 72.5. The predicted octanol–water partition coefficient (Wildman–Crippen LogP) is 4.48. The molecule has 510 valence electrons. The highest BCUT2D eigenvalue weighted by atomic mass is 32.2. The molecule has 4 aromatic carbocycles. The highest BCUT2D eigenvalue weighted by Gasteiger charge is 2.39. The van der Waals surface area contributed by atoms with Crippen molar-refractivity contribution >= 4 is 77.4 Å². The van der Waals surface area contributed by atoms with Gasteiger partial charge in [-0.05, 0) is 197 Å². The van der Waals surface area contributed by atoms with Gasteiger partial charge in [-0.1, -0.05) is 36.4 Å². The molecule has 2 aromatic heterocycles. The fourth-order valence-electron chi connectivity index (χ4n) is 12.5. The average molecular weight is 1330 g/mol. The van der Waals surface area contributed by atoms with E-state index < -0.39 is 79.0 Å². The Balaban J connectivity index is 0.804. The Labute approximate surface area is 551 Å². The summed E-state index contributed by atoms with van der Waals surface area (Å²) in [6.45, 7) is 20.3. The van der Waals surface area contributed by atoms with Gasteiger partial charge < -0.3 is 69.0 Å². The highest BCUT2D eigenvalue weighted by Crippen LogP contribution is 2.45. The first-order valence-corrected chi connectivity index (χ1v) is 35.1. The normalized spacial score (nSPS) is 15.7. The molecule has 27 heteroatoms. The van der Waals surface area contributed by atoms with Crippen LogP contribution in [0.5, 0.6) is 11.5 Å². The number of ether oxygens (including phenoxy) is 2. The largest absolute Gasteiger partial charge is 0.487 e. The van der Waals surface area contributed by atoms with Crippen LogP contribution in [0, 0.1) is 41.5 Å². The summed E-state index contributed by atoms with van der Waals surface area (Å²) in [5, 5.41) is 16.8. The molecule has 4 heterocycles. The Hall–Kier alpha value is -8.24. The number of sulfonamides is 2. The molecular weight excluding hydrogens is 1240 g/mol. The van der Waals surface area contributed by atoms with E-state index in [0.29, 0.717) is 85.5 Å². The van der Waals surface area contributed by atoms with Crippen LogP contribution in [-0.2, 0) is 64.9 Å². The van der Waals surface area contributed by atoms with Crippen molar-refractivity contribution in [2.75, 3.05) is 39.3 Å². The van der Waals surface area contributed by atoms with Gasteiger partial charge in [-0.2, -0.15) is 0 Å². The molecule has 0 spiro atoms. The number of H-pyrrole nitrogens is 2. The van der Waals surface area contributed by atoms with Crippen molar-refractivity contribution in [3.8, 4) is 11.5 Å². The number of benzene rings is 4. The van der Waals surface area contributed by atoms with Gasteiger partial charge in [0.05, 0.1) is 21.9 Å². The van der Waals surface area contributed by atoms with Crippen LogP contribution in [-0.4, -0.2) is 137 Å². The Morgan fingerprint density at radius 3 is 1.34 bits per heavy atom. The van der Waals surface area contributed by atoms with Crippen LogP contribution in [0.3, 0.4) is 0 Å². The summed E-state index contributed by atoms with van der Waals surface area (Å²) in [4.78, 5) is 70.1. The van der Waals surface area contributed by atoms with Gasteiger partial charge >= 0.3 is 0 Å². The van der Waals surface area contributed by atoms with E-state index in [1.54, 1.807) is 27.7 Å². The Bertz CT molecular complexity index is 3820. The number of para-hydroxylation sites is 2. The van der Waals surface area contributed by atoms with Gasteiger partial charge in [0.25, 0.3) is 20.0 Å². The van der Waals surface area contributed by atoms with Crippen LogP contribution in [0.2, 0.25) is 0 Å². The zero-order valence-electron chi connectivity index (χ0n) is 55.7. The van der Waals surface area contributed by atoms with E-state index in [-0.39, 0.29) is 79.9 Å². The van der Waals surface area contributed by atoms with Crippen LogP contribution < -0.4 is 68.4 Å². The SMILES string of the molecule is Cc1c(C)c(S(=O)(=O)NC(N)=NCCC[C@@H](NC(=O)[C@H](N)Cc2c[nH]c3ccccc23)C(=O)NCCCCNCCCNC(=O)[C@@H](CCCN=C(N)NS(=O)(=O)c2c(C)c(C)c3c(c2C)CC(C)(C)O3)NC(=O)[C@H](N)Cc2c[nH]c3ccccc23)c(C)c2c1OC(C)(C)C2. The standard InChI is InChI=1S/C67H95N15O10S2/c1-38-40(3)58(42(5)48-34-66(7,8)91-56(38)48)93(87,88)81-64(70)75-29-17-24-54(79-60(83)50(68)32-44-36-77-52-22-13-11-20-46(44)52)62(85)73-28-16-15-26-72-27-19-31-74-63(86)55(80-61(84)51(69)33-45-37-78-53-23-14-12-21-47(45)53)25-18-30-76-65(71)82-94(89,90)59-41(4)39(2)57-49(43(59)6)35-67(9,10)92-57/h11-14,20-23,36-37,50-51,54-55,72,77-78H,15-19,24-35,68-69H2,1-10H3,(H,73,85)(H,74,86)(H,79,83)(H,80,84)(H3,70,75,81)(H3,71,76,82)/t50-,51-,54-,55-/m1/s1. The molecule has 2 aliphatic heterocycles. The third-order valence-electron chi connectivity index (χ3n) is 17.5. The molecule has 8 rings (SSSR count). The molecule has 0 aliphatic carbocycles. The number of carbonyl (C=O) groups excluding carboxylic acids is 4. The number of hydrogen-bond acceptors (Lipinski definition) is 15. The van der Waals surface area contributed by atoms with Crippen molar-refractivity contribution in [3.05, 3.63) is 117 Å². The van der Waals surface area contributed by atoms with Gasteiger partial charge in [0.15, 0.2) is 0 Å². The number of carbonyl (C=O) groups is 4. The minimum atomic E-state index is -4.15. The molecule has 17 N–H and O–H groups in total. The number of guanidine groups is 2. The molecule has 25 nitrogen and oxygen atoms in total. The van der Waals surface area contributed by atoms with Gasteiger partial charge in [0.2, 0.25) is 35.5 Å². The zero-order chi connectivity index (χ0) is 68.5. The van der Waals surface area contributed by atoms with Gasteiger partial charge in [0, 0.05) is 84.3 Å². The second-order valence-corrected chi connectivity index (χ2v) is 29.2. The van der Waals surface area contributed by atoms with Crippen molar-refractivity contribution < 1.29 is 45.5 Å². The zero-order valence-corrected chi connectivity index (χ0v) is 57.3. The molecule has 0 saturated carbocycles. The second-order valence-electron chi connectivity index (χ2n) is 26.0. The third kappa shape index (κ3) is 17.6. The van der Waals surface area contributed by atoms with Crippen molar-refractivity contribution in [2.45, 2.75) is 185 Å². The van der Waals surface area contributed by atoms with E-state index in [0.717, 1.165) is 55.2 Å². The first-order valence-electron chi connectivity index (χ1n) is 32.1. The minimum absolute atomic E-state index is 0.0410. The Morgan fingerprint density at radius 2 is 0.915 bits per heavy atom. The molecule has 4 atom stereocenters. The van der Waals surface area contributed by atoms with Gasteiger partial charge in [0.1, 0.15) is 34.8 Å². The first kappa shape index (κ1) is 71.6. The Kier molecular flexibility index (Phi) is 23.2. The predicted molar refractivity (Wildman–Crippen MR) is 367 cm³/mol. The number of rotatable bonds is 31. The number of fused-ring (bicyclic) bond motifs is 4. The number of hydrogen-bond donors (Lipinski definition) is 13. The lowest BCUT2D eigenvalue weighted by molar-refractivity contribution is -0.129. The van der Waals surface area contributed by atoms with E-state index in [4.69, 9.17) is 32.4 Å². The van der Waals surface area contributed by atoms with Crippen LogP contribution in [0.15, 0.2) is 80.7 Å². The quantitative estimate of drug-likeness (QED) is 0.0162. The van der Waals surface area contributed by atoms with E-state index >= 15 is 0 Å². The van der Waals surface area contributed by atoms with Gasteiger partial charge in [-0.3, -0.25) is 29.2 Å². The summed E-state index contributed by atoms with van der Waals surface area (Å²) >= 11 is 0. The number of aliphatic imine (C=N–C) groups is 2. The number of nitrogens with two attached hydrogens (primary N) is 4. The van der Waals surface area contributed by atoms with E-state index in [9.17, 15) is 36.0 Å². The lowest BCUT2D eigenvalue weighted by Crippen LogP contribution is -2.52. The number of nitrogens with zero attached hydrogens (tertiary/aromatic N) is 2. The maximum Gasteiger partial charge on any atom is 0.264 e. The topological polar surface area (TPSA) is 400 Å². The molecule has 0 saturated heterocycles. The van der Waals surface area contributed by atoms with Crippen LogP contribution in [0.1, 0.15) is 128 Å². The van der Waals surface area contributed by atoms with E-state index in [1.807, 2.05) is 102 Å². The molecule has 0 bridgehead atoms. The third-order valence-corrected chi connectivity index (χ3v) is 20.8. The van der Waals surface area contributed by atoms with Crippen molar-refractivity contribution in [2.24, 2.45) is 32.9 Å². The summed E-state index contributed by atoms with van der Waals surface area (Å²) in [6, 6.07) is 11.4. The molecule has 94 heavy (non-hydrogen) atoms. The number of aromatic nitrogens is 2. The first-order chi connectivity index (χ1) is 44.4. The van der Waals surface area contributed by atoms with E-state index in [1.165, 1.54) is 0 Å². The van der Waals surface area contributed by atoms with Crippen LogP contribution in [0.25, 0.3) is 21.8 Å². The van der Waals surface area contributed by atoms with Crippen LogP contribution in [0.4, 0.5) is 0 Å². The summed E-state index contributed by atoms with van der Waals surface area (Å²) in [5.41, 5.74) is 33.2. The number of amides is 4. The number of aromatic amines is 2. The van der Waals surface area contributed by atoms with Gasteiger partial charge in [-0.15, -0.1) is 0 Å². The highest BCUT2D eigenvalue weighted by molar-refractivity contribution is 7.90. The molecule has 6 aromatic rings. The molecular formula is C67H95N15O10S2. The van der Waals surface area contributed by atoms with E-state index in [2.05, 4.69) is 56.0 Å². The van der Waals surface area contributed by atoms with Crippen LogP contribution >= 0.6 is 0 Å². The summed E-state index contributed by atoms with van der Waals surface area (Å²) in [7, 11) is -8.30. The smallest absolute Gasteiger partial charge is 0.264 e. The second kappa shape index (κ2) is 30.4. The fraction of sp³-hybridized carbons (Fsp3) is 0.493.